The molecule has 0 aliphatic rings. The molecule has 0 aliphatic heterocycles. The number of fused-ring (bicyclic) bond motifs is 13. The van der Waals surface area contributed by atoms with Crippen LogP contribution < -0.4 is 16.4 Å². The van der Waals surface area contributed by atoms with E-state index in [0.29, 0.717) is 5.95 Å². The molecule has 10 rings (SSSR count). The molecule has 7 aromatic carbocycles. The van der Waals surface area contributed by atoms with E-state index in [9.17, 15) is 0 Å². The van der Waals surface area contributed by atoms with Crippen molar-refractivity contribution < 1.29 is 0 Å². The second kappa shape index (κ2) is 9.81. The first kappa shape index (κ1) is 26.8. The maximum Gasteiger partial charge on any atom is 0.235 e. The number of nitrogens with zero attached hydrogens (tertiary/aromatic N) is 3. The Balaban J connectivity index is 1.48. The number of thiophene rings is 1. The van der Waals surface area contributed by atoms with E-state index >= 15 is 0 Å². The van der Waals surface area contributed by atoms with E-state index in [1.165, 1.54) is 80.0 Å². The van der Waals surface area contributed by atoms with E-state index in [2.05, 4.69) is 149 Å². The minimum Gasteiger partial charge on any atom is -0.276 e. The van der Waals surface area contributed by atoms with Gasteiger partial charge in [-0.1, -0.05) is 120 Å². The van der Waals surface area contributed by atoms with Gasteiger partial charge >= 0.3 is 0 Å². The summed E-state index contributed by atoms with van der Waals surface area (Å²) in [5.74, 6) is 0.697. The summed E-state index contributed by atoms with van der Waals surface area (Å²) in [5.41, 5.74) is 9.10. The number of aromatic nitrogens is 3. The van der Waals surface area contributed by atoms with Crippen LogP contribution in [-0.4, -0.2) is 38.1 Å². The highest BCUT2D eigenvalue weighted by atomic mass is 32.1. The topological polar surface area (TPSA) is 30.7 Å². The number of benzene rings is 7. The predicted molar refractivity (Wildman–Crippen MR) is 212 cm³/mol. The molecule has 0 fully saturated rings. The Morgan fingerprint density at radius 2 is 1.19 bits per heavy atom. The van der Waals surface area contributed by atoms with Crippen LogP contribution in [0.5, 0.6) is 0 Å². The summed E-state index contributed by atoms with van der Waals surface area (Å²) in [7, 11) is 6.56. The minimum atomic E-state index is 0.697. The van der Waals surface area contributed by atoms with E-state index < -0.39 is 0 Å². The molecule has 0 unspecified atom stereocenters. The predicted octanol–water partition coefficient (Wildman–Crippen LogP) is 5.84. The second-order valence-corrected chi connectivity index (χ2v) is 13.8. The third kappa shape index (κ3) is 3.72. The van der Waals surface area contributed by atoms with Crippen molar-refractivity contribution in [2.24, 2.45) is 0 Å². The summed E-state index contributed by atoms with van der Waals surface area (Å²) in [6.07, 6.45) is 0. The minimum absolute atomic E-state index is 0.697. The van der Waals surface area contributed by atoms with Crippen LogP contribution in [0.15, 0.2) is 121 Å². The average molecular weight is 613 g/mol. The third-order valence-corrected chi connectivity index (χ3v) is 11.0. The standard InChI is InChI=1S/C40H26B3N3S/c41-22-19-28(42)36(29(43)20-22)37-26-13-5-7-15-30(26)44-40(45-37)46-31-18-17-21-9-1-2-10-23(21)34(31)35-25-12-4-3-11-24(25)33-27-14-6-8-16-32(27)47-39(33)38(35)46/h1-20H,41-43H2. The molecule has 3 nitrogen and oxygen atoms in total. The maximum absolute atomic E-state index is 5.54. The molecule has 0 radical (unpaired) electrons. The van der Waals surface area contributed by atoms with Gasteiger partial charge in [0.25, 0.3) is 0 Å². The van der Waals surface area contributed by atoms with Gasteiger partial charge in [0.15, 0.2) is 0 Å². The van der Waals surface area contributed by atoms with Crippen LogP contribution in [0.3, 0.4) is 0 Å². The van der Waals surface area contributed by atoms with Crippen molar-refractivity contribution in [3.63, 3.8) is 0 Å². The van der Waals surface area contributed by atoms with E-state index in [1.807, 2.05) is 11.3 Å². The molecule has 47 heavy (non-hydrogen) atoms. The van der Waals surface area contributed by atoms with Crippen molar-refractivity contribution in [1.82, 2.24) is 14.5 Å². The summed E-state index contributed by atoms with van der Waals surface area (Å²) in [6.45, 7) is 0. The van der Waals surface area contributed by atoms with Crippen molar-refractivity contribution in [3.05, 3.63) is 121 Å². The van der Waals surface area contributed by atoms with Crippen molar-refractivity contribution in [2.45, 2.75) is 0 Å². The number of rotatable bonds is 2. The van der Waals surface area contributed by atoms with Crippen LogP contribution in [0.2, 0.25) is 0 Å². The Morgan fingerprint density at radius 1 is 0.553 bits per heavy atom. The molecule has 0 saturated heterocycles. The van der Waals surface area contributed by atoms with Gasteiger partial charge in [0.05, 0.1) is 26.9 Å². The Morgan fingerprint density at radius 3 is 1.98 bits per heavy atom. The lowest BCUT2D eigenvalue weighted by atomic mass is 9.75. The van der Waals surface area contributed by atoms with Gasteiger partial charge < -0.3 is 0 Å². The average Bonchev–Trinajstić information content (AvgIpc) is 3.65. The molecule has 0 saturated carbocycles. The zero-order chi connectivity index (χ0) is 31.4. The van der Waals surface area contributed by atoms with Gasteiger partial charge in [-0.25, -0.2) is 9.97 Å². The van der Waals surface area contributed by atoms with E-state index in [1.54, 1.807) is 0 Å². The van der Waals surface area contributed by atoms with Crippen LogP contribution >= 0.6 is 11.3 Å². The Bertz CT molecular complexity index is 2940. The molecule has 216 valence electrons. The molecule has 0 bridgehead atoms. The maximum atomic E-state index is 5.54. The number of hydrogen-bond acceptors (Lipinski definition) is 3. The highest BCUT2D eigenvalue weighted by Crippen LogP contribution is 2.49. The Kier molecular flexibility index (Phi) is 5.59. The molecule has 3 heterocycles. The van der Waals surface area contributed by atoms with Crippen molar-refractivity contribution >= 4 is 126 Å². The quantitative estimate of drug-likeness (QED) is 0.230. The first-order valence-electron chi connectivity index (χ1n) is 16.1. The zero-order valence-electron chi connectivity index (χ0n) is 26.3. The smallest absolute Gasteiger partial charge is 0.235 e. The summed E-state index contributed by atoms with van der Waals surface area (Å²) < 4.78 is 4.91. The Labute approximate surface area is 277 Å². The van der Waals surface area contributed by atoms with Gasteiger partial charge in [0.1, 0.15) is 23.5 Å². The fraction of sp³-hybridized carbons (Fsp3) is 0. The molecule has 3 aromatic heterocycles. The summed E-state index contributed by atoms with van der Waals surface area (Å²) in [4.78, 5) is 10.9. The van der Waals surface area contributed by atoms with Crippen molar-refractivity contribution in [3.8, 4) is 17.2 Å². The fourth-order valence-electron chi connectivity index (χ4n) is 8.05. The SMILES string of the molecule is Bc1cc(B)c(-c2nc(-n3c4ccc5ccccc5c4c4c5ccccc5c5c6ccccc6sc5c43)nc3ccccc23)c(B)c1. The van der Waals surface area contributed by atoms with Gasteiger partial charge in [0, 0.05) is 31.6 Å². The lowest BCUT2D eigenvalue weighted by Crippen LogP contribution is -2.27. The molecule has 0 aliphatic carbocycles. The van der Waals surface area contributed by atoms with E-state index in [-0.39, 0.29) is 0 Å². The summed E-state index contributed by atoms with van der Waals surface area (Å²) >= 11 is 1.87. The van der Waals surface area contributed by atoms with Crippen LogP contribution in [-0.2, 0) is 0 Å². The molecule has 0 amide bonds. The Hall–Kier alpha value is -5.39. The van der Waals surface area contributed by atoms with Crippen molar-refractivity contribution in [1.29, 1.82) is 0 Å². The fourth-order valence-corrected chi connectivity index (χ4v) is 9.31. The van der Waals surface area contributed by atoms with Crippen LogP contribution in [0.4, 0.5) is 0 Å². The molecule has 0 spiro atoms. The summed E-state index contributed by atoms with van der Waals surface area (Å²) in [5, 5.41) is 11.2. The highest BCUT2D eigenvalue weighted by Gasteiger charge is 2.25. The molecule has 10 aromatic rings. The number of para-hydroxylation sites is 1. The lowest BCUT2D eigenvalue weighted by Gasteiger charge is -2.16. The highest BCUT2D eigenvalue weighted by molar-refractivity contribution is 7.27. The van der Waals surface area contributed by atoms with Crippen LogP contribution in [0.25, 0.3) is 91.6 Å². The second-order valence-electron chi connectivity index (χ2n) is 12.8. The van der Waals surface area contributed by atoms with Gasteiger partial charge in [0.2, 0.25) is 5.95 Å². The first-order valence-corrected chi connectivity index (χ1v) is 16.9. The third-order valence-electron chi connectivity index (χ3n) is 9.84. The molecule has 0 atom stereocenters. The first-order chi connectivity index (χ1) is 23.1. The largest absolute Gasteiger partial charge is 0.276 e. The molecule has 7 heteroatoms. The lowest BCUT2D eigenvalue weighted by molar-refractivity contribution is 1.02. The van der Waals surface area contributed by atoms with Gasteiger partial charge in [-0.05, 0) is 45.3 Å². The van der Waals surface area contributed by atoms with Gasteiger partial charge in [-0.2, -0.15) is 0 Å². The number of hydrogen-bond donors (Lipinski definition) is 0. The van der Waals surface area contributed by atoms with Crippen LogP contribution in [0, 0.1) is 0 Å². The molecule has 0 N–H and O–H groups in total. The molecular formula is C40H26B3N3S. The summed E-state index contributed by atoms with van der Waals surface area (Å²) in [6, 6.07) is 44.0. The van der Waals surface area contributed by atoms with E-state index in [4.69, 9.17) is 9.97 Å². The molecular weight excluding hydrogens is 587 g/mol. The zero-order valence-corrected chi connectivity index (χ0v) is 27.1. The monoisotopic (exact) mass is 613 g/mol. The normalized spacial score (nSPS) is 12.1. The van der Waals surface area contributed by atoms with Gasteiger partial charge in [-0.15, -0.1) is 11.3 Å². The van der Waals surface area contributed by atoms with E-state index in [0.717, 1.165) is 22.1 Å². The van der Waals surface area contributed by atoms with Crippen molar-refractivity contribution in [2.75, 3.05) is 0 Å². The van der Waals surface area contributed by atoms with Crippen LogP contribution in [0.1, 0.15) is 0 Å². The van der Waals surface area contributed by atoms with Gasteiger partial charge in [-0.3, -0.25) is 4.57 Å².